The van der Waals surface area contributed by atoms with Crippen molar-refractivity contribution in [2.45, 2.75) is 46.3 Å². The van der Waals surface area contributed by atoms with Gasteiger partial charge in [0.15, 0.2) is 0 Å². The molecule has 1 aromatic rings. The lowest BCUT2D eigenvalue weighted by atomic mass is 10.0. The van der Waals surface area contributed by atoms with Gasteiger partial charge >= 0.3 is 6.09 Å². The van der Waals surface area contributed by atoms with Crippen molar-refractivity contribution < 1.29 is 14.3 Å². The largest absolute Gasteiger partial charge is 0.444 e. The fourth-order valence-electron chi connectivity index (χ4n) is 2.25. The SMILES string of the molecule is CC(=O)Nc1sc2c(c1C#N)CCN(C(=O)OC(C)(C)C)C2. The van der Waals surface area contributed by atoms with Crippen LogP contribution in [0, 0.1) is 11.3 Å². The number of rotatable bonds is 1. The zero-order valence-electron chi connectivity index (χ0n) is 13.1. The van der Waals surface area contributed by atoms with Crippen molar-refractivity contribution >= 4 is 28.3 Å². The van der Waals surface area contributed by atoms with E-state index in [9.17, 15) is 14.9 Å². The average molecular weight is 321 g/mol. The second kappa shape index (κ2) is 5.97. The number of nitrogens with one attached hydrogen (secondary N) is 1. The normalized spacial score (nSPS) is 14.0. The predicted molar refractivity (Wildman–Crippen MR) is 83.7 cm³/mol. The van der Waals surface area contributed by atoms with Crippen molar-refractivity contribution in [2.24, 2.45) is 0 Å². The lowest BCUT2D eigenvalue weighted by molar-refractivity contribution is -0.114. The van der Waals surface area contributed by atoms with Gasteiger partial charge in [0.1, 0.15) is 16.7 Å². The molecule has 2 amide bonds. The molecule has 0 unspecified atom stereocenters. The molecule has 6 nitrogen and oxygen atoms in total. The number of carbonyl (C=O) groups is 2. The highest BCUT2D eigenvalue weighted by atomic mass is 32.1. The van der Waals surface area contributed by atoms with Crippen LogP contribution in [0.4, 0.5) is 9.80 Å². The lowest BCUT2D eigenvalue weighted by Gasteiger charge is -2.29. The van der Waals surface area contributed by atoms with Crippen molar-refractivity contribution in [3.63, 3.8) is 0 Å². The summed E-state index contributed by atoms with van der Waals surface area (Å²) in [6, 6.07) is 2.15. The van der Waals surface area contributed by atoms with Gasteiger partial charge in [-0.15, -0.1) is 11.3 Å². The van der Waals surface area contributed by atoms with Gasteiger partial charge in [-0.2, -0.15) is 5.26 Å². The fourth-order valence-corrected chi connectivity index (χ4v) is 3.51. The van der Waals surface area contributed by atoms with E-state index in [0.29, 0.717) is 30.1 Å². The summed E-state index contributed by atoms with van der Waals surface area (Å²) < 4.78 is 5.38. The van der Waals surface area contributed by atoms with E-state index in [2.05, 4.69) is 11.4 Å². The molecule has 0 saturated heterocycles. The number of ether oxygens (including phenoxy) is 1. The predicted octanol–water partition coefficient (Wildman–Crippen LogP) is 2.87. The van der Waals surface area contributed by atoms with Gasteiger partial charge in [-0.05, 0) is 32.8 Å². The molecule has 1 aliphatic heterocycles. The molecule has 0 bridgehead atoms. The second-order valence-electron chi connectivity index (χ2n) is 6.15. The van der Waals surface area contributed by atoms with Gasteiger partial charge in [-0.25, -0.2) is 4.79 Å². The van der Waals surface area contributed by atoms with Crippen molar-refractivity contribution in [3.8, 4) is 6.07 Å². The van der Waals surface area contributed by atoms with E-state index in [1.54, 1.807) is 4.90 Å². The lowest BCUT2D eigenvalue weighted by Crippen LogP contribution is -2.39. The van der Waals surface area contributed by atoms with Crippen LogP contribution in [-0.2, 0) is 22.5 Å². The Morgan fingerprint density at radius 2 is 2.09 bits per heavy atom. The van der Waals surface area contributed by atoms with Crippen LogP contribution in [0.25, 0.3) is 0 Å². The minimum absolute atomic E-state index is 0.209. The van der Waals surface area contributed by atoms with Gasteiger partial charge in [-0.3, -0.25) is 4.79 Å². The van der Waals surface area contributed by atoms with Crippen molar-refractivity contribution in [1.29, 1.82) is 5.26 Å². The van der Waals surface area contributed by atoms with Crippen LogP contribution in [0.15, 0.2) is 0 Å². The molecule has 1 N–H and O–H groups in total. The zero-order chi connectivity index (χ0) is 16.5. The number of carbonyl (C=O) groups excluding carboxylic acids is 2. The van der Waals surface area contributed by atoms with Crippen LogP contribution in [0.3, 0.4) is 0 Å². The summed E-state index contributed by atoms with van der Waals surface area (Å²) in [6.45, 7) is 7.80. The van der Waals surface area contributed by atoms with Crippen LogP contribution >= 0.6 is 11.3 Å². The fraction of sp³-hybridized carbons (Fsp3) is 0.533. The summed E-state index contributed by atoms with van der Waals surface area (Å²) in [4.78, 5) is 25.9. The van der Waals surface area contributed by atoms with Gasteiger partial charge in [0.05, 0.1) is 12.1 Å². The first-order valence-electron chi connectivity index (χ1n) is 7.01. The summed E-state index contributed by atoms with van der Waals surface area (Å²) in [7, 11) is 0. The molecule has 1 aromatic heterocycles. The van der Waals surface area contributed by atoms with E-state index in [-0.39, 0.29) is 12.0 Å². The quantitative estimate of drug-likeness (QED) is 0.862. The van der Waals surface area contributed by atoms with Crippen molar-refractivity contribution in [3.05, 3.63) is 16.0 Å². The number of hydrogen-bond acceptors (Lipinski definition) is 5. The third-order valence-corrected chi connectivity index (χ3v) is 4.24. The number of thiophene rings is 1. The van der Waals surface area contributed by atoms with Gasteiger partial charge in [0.2, 0.25) is 5.91 Å². The Morgan fingerprint density at radius 1 is 1.41 bits per heavy atom. The third-order valence-electron chi connectivity index (χ3n) is 3.11. The van der Waals surface area contributed by atoms with E-state index in [1.165, 1.54) is 18.3 Å². The molecule has 7 heteroatoms. The Balaban J connectivity index is 2.21. The maximum absolute atomic E-state index is 12.1. The first kappa shape index (κ1) is 16.3. The molecular formula is C15H19N3O3S. The Labute approximate surface area is 133 Å². The topological polar surface area (TPSA) is 82.4 Å². The minimum Gasteiger partial charge on any atom is -0.444 e. The molecule has 0 fully saturated rings. The van der Waals surface area contributed by atoms with Crippen LogP contribution in [0.1, 0.15) is 43.7 Å². The van der Waals surface area contributed by atoms with Crippen LogP contribution in [0.5, 0.6) is 0 Å². The molecule has 2 heterocycles. The number of hydrogen-bond donors (Lipinski definition) is 1. The molecule has 1 aliphatic rings. The molecule has 118 valence electrons. The van der Waals surface area contributed by atoms with E-state index in [1.807, 2.05) is 20.8 Å². The molecule has 0 aliphatic carbocycles. The summed E-state index contributed by atoms with van der Waals surface area (Å²) in [5.41, 5.74) is 0.904. The van der Waals surface area contributed by atoms with Gasteiger partial charge in [0, 0.05) is 18.3 Å². The number of nitrogens with zero attached hydrogens (tertiary/aromatic N) is 2. The Bertz CT molecular complexity index is 652. The van der Waals surface area contributed by atoms with Crippen molar-refractivity contribution in [2.75, 3.05) is 11.9 Å². The maximum Gasteiger partial charge on any atom is 0.410 e. The molecule has 0 spiro atoms. The van der Waals surface area contributed by atoms with Crippen molar-refractivity contribution in [1.82, 2.24) is 4.90 Å². The summed E-state index contributed by atoms with van der Waals surface area (Å²) in [5.74, 6) is -0.209. The monoisotopic (exact) mass is 321 g/mol. The summed E-state index contributed by atoms with van der Waals surface area (Å²) in [6.07, 6.45) is 0.235. The highest BCUT2D eigenvalue weighted by molar-refractivity contribution is 7.16. The zero-order valence-corrected chi connectivity index (χ0v) is 14.0. The van der Waals surface area contributed by atoms with Gasteiger partial charge in [-0.1, -0.05) is 0 Å². The van der Waals surface area contributed by atoms with Crippen LogP contribution in [-0.4, -0.2) is 29.0 Å². The standard InChI is InChI=1S/C15H19N3O3S/c1-9(19)17-13-11(7-16)10-5-6-18(8-12(10)22-13)14(20)21-15(2,3)4/h5-6,8H2,1-4H3,(H,17,19). The number of nitriles is 1. The maximum atomic E-state index is 12.1. The molecule has 2 rings (SSSR count). The van der Waals surface area contributed by atoms with Crippen LogP contribution in [0.2, 0.25) is 0 Å². The summed E-state index contributed by atoms with van der Waals surface area (Å²) >= 11 is 1.35. The Hall–Kier alpha value is -2.07. The molecular weight excluding hydrogens is 302 g/mol. The Kier molecular flexibility index (Phi) is 4.42. The minimum atomic E-state index is -0.536. The number of anilines is 1. The smallest absolute Gasteiger partial charge is 0.410 e. The van der Waals surface area contributed by atoms with Crippen LogP contribution < -0.4 is 5.32 Å². The third kappa shape index (κ3) is 3.57. The number of amides is 2. The van der Waals surface area contributed by atoms with Gasteiger partial charge in [0.25, 0.3) is 0 Å². The number of fused-ring (bicyclic) bond motifs is 1. The molecule has 0 radical (unpaired) electrons. The van der Waals surface area contributed by atoms with Gasteiger partial charge < -0.3 is 15.0 Å². The van der Waals surface area contributed by atoms with E-state index in [0.717, 1.165) is 10.4 Å². The first-order valence-corrected chi connectivity index (χ1v) is 7.83. The second-order valence-corrected chi connectivity index (χ2v) is 7.26. The van der Waals surface area contributed by atoms with E-state index >= 15 is 0 Å². The van der Waals surface area contributed by atoms with E-state index in [4.69, 9.17) is 4.74 Å². The average Bonchev–Trinajstić information content (AvgIpc) is 2.71. The molecule has 0 aromatic carbocycles. The highest BCUT2D eigenvalue weighted by Crippen LogP contribution is 2.36. The summed E-state index contributed by atoms with van der Waals surface area (Å²) in [5, 5.41) is 12.6. The molecule has 22 heavy (non-hydrogen) atoms. The Morgan fingerprint density at radius 3 is 2.64 bits per heavy atom. The molecule has 0 atom stereocenters. The highest BCUT2D eigenvalue weighted by Gasteiger charge is 2.29. The first-order chi connectivity index (χ1) is 10.2. The van der Waals surface area contributed by atoms with E-state index < -0.39 is 5.60 Å². The molecule has 0 saturated carbocycles.